The molecule has 0 unspecified atom stereocenters. The second kappa shape index (κ2) is 9.66. The van der Waals surface area contributed by atoms with E-state index in [2.05, 4.69) is 51.1 Å². The summed E-state index contributed by atoms with van der Waals surface area (Å²) in [5.41, 5.74) is 10.9. The van der Waals surface area contributed by atoms with Crippen molar-refractivity contribution in [3.63, 3.8) is 0 Å². The van der Waals surface area contributed by atoms with Crippen LogP contribution in [0.15, 0.2) is 94.6 Å². The number of aromatic nitrogens is 3. The van der Waals surface area contributed by atoms with Gasteiger partial charge in [-0.25, -0.2) is 0 Å². The number of nitrogens with one attached hydrogen (secondary N) is 3. The number of hydrazine groups is 1. The minimum atomic E-state index is -0.228. The summed E-state index contributed by atoms with van der Waals surface area (Å²) in [5, 5.41) is 12.3. The predicted octanol–water partition coefficient (Wildman–Crippen LogP) is 5.22. The lowest BCUT2D eigenvalue weighted by molar-refractivity contribution is 0.0942. The van der Waals surface area contributed by atoms with Crippen LogP contribution in [0.4, 0.5) is 11.4 Å². The minimum absolute atomic E-state index is 0.228. The molecule has 0 saturated heterocycles. The number of thioether (sulfide) groups is 1. The zero-order valence-corrected chi connectivity index (χ0v) is 20.0. The lowest BCUT2D eigenvalue weighted by Crippen LogP contribution is -2.35. The third kappa shape index (κ3) is 4.80. The quantitative estimate of drug-likeness (QED) is 0.215. The van der Waals surface area contributed by atoms with Gasteiger partial charge in [-0.15, -0.1) is 10.2 Å². The Labute approximate surface area is 206 Å². The van der Waals surface area contributed by atoms with E-state index in [-0.39, 0.29) is 5.91 Å². The number of benzene rings is 3. The van der Waals surface area contributed by atoms with E-state index in [1.807, 2.05) is 60.1 Å². The molecule has 3 N–H and O–H groups in total. The highest BCUT2D eigenvalue weighted by Gasteiger charge is 2.16. The van der Waals surface area contributed by atoms with Gasteiger partial charge in [-0.05, 0) is 42.0 Å². The van der Waals surface area contributed by atoms with E-state index in [4.69, 9.17) is 0 Å². The summed E-state index contributed by atoms with van der Waals surface area (Å²) in [6.07, 6.45) is 1.68. The summed E-state index contributed by atoms with van der Waals surface area (Å²) in [7, 11) is 1.91. The standard InChI is InChI=1S/C25H22N6OS2/c1-16(19-11-12-23-21(13-19)27-20-5-3-4-6-22(20)34-23)28-29-24(32)18-9-7-17(8-10-18)14-33-25-30-26-15-31(25)2/h3-13,15,27-28H,1,14H2,2H3,(H,29,32). The maximum Gasteiger partial charge on any atom is 0.269 e. The fraction of sp³-hybridized carbons (Fsp3) is 0.0800. The lowest BCUT2D eigenvalue weighted by Gasteiger charge is -2.22. The largest absolute Gasteiger partial charge is 0.354 e. The number of carbonyl (C=O) groups excluding carboxylic acids is 1. The first kappa shape index (κ1) is 22.1. The molecule has 34 heavy (non-hydrogen) atoms. The summed E-state index contributed by atoms with van der Waals surface area (Å²) in [4.78, 5) is 14.9. The number of anilines is 2. The van der Waals surface area contributed by atoms with Gasteiger partial charge < -0.3 is 9.88 Å². The van der Waals surface area contributed by atoms with Crippen molar-refractivity contribution in [2.45, 2.75) is 20.7 Å². The van der Waals surface area contributed by atoms with Crippen molar-refractivity contribution in [1.82, 2.24) is 25.6 Å². The van der Waals surface area contributed by atoms with Gasteiger partial charge in [0.05, 0.1) is 17.1 Å². The molecule has 4 aromatic rings. The molecule has 0 aliphatic carbocycles. The van der Waals surface area contributed by atoms with E-state index in [0.29, 0.717) is 11.3 Å². The molecule has 0 saturated carbocycles. The molecule has 1 aliphatic rings. The van der Waals surface area contributed by atoms with Crippen molar-refractivity contribution < 1.29 is 4.79 Å². The monoisotopic (exact) mass is 486 g/mol. The van der Waals surface area contributed by atoms with E-state index in [1.165, 1.54) is 4.90 Å². The summed E-state index contributed by atoms with van der Waals surface area (Å²) in [6.45, 7) is 4.08. The number of carbonyl (C=O) groups is 1. The number of para-hydroxylation sites is 1. The SMILES string of the molecule is C=C(NNC(=O)c1ccc(CSc2nncn2C)cc1)c1ccc2c(c1)Nc1ccccc1S2. The predicted molar refractivity (Wildman–Crippen MR) is 137 cm³/mol. The van der Waals surface area contributed by atoms with Gasteiger partial charge in [0.2, 0.25) is 0 Å². The van der Waals surface area contributed by atoms with Crippen LogP contribution in [0.25, 0.3) is 5.70 Å². The Morgan fingerprint density at radius 2 is 1.79 bits per heavy atom. The maximum absolute atomic E-state index is 12.6. The number of rotatable bonds is 7. The van der Waals surface area contributed by atoms with Crippen LogP contribution in [-0.2, 0) is 12.8 Å². The Bertz CT molecular complexity index is 1370. The van der Waals surface area contributed by atoms with Crippen molar-refractivity contribution in [2.75, 3.05) is 5.32 Å². The molecule has 7 nitrogen and oxygen atoms in total. The Balaban J connectivity index is 1.16. The Morgan fingerprint density at radius 1 is 1.03 bits per heavy atom. The van der Waals surface area contributed by atoms with Crippen LogP contribution in [-0.4, -0.2) is 20.7 Å². The Hall–Kier alpha value is -3.69. The molecule has 170 valence electrons. The van der Waals surface area contributed by atoms with Gasteiger partial charge in [0.1, 0.15) is 6.33 Å². The third-order valence-corrected chi connectivity index (χ3v) is 7.54. The summed E-state index contributed by atoms with van der Waals surface area (Å²) in [5.74, 6) is 0.521. The molecule has 0 spiro atoms. The van der Waals surface area contributed by atoms with Crippen LogP contribution in [0.3, 0.4) is 0 Å². The minimum Gasteiger partial charge on any atom is -0.354 e. The van der Waals surface area contributed by atoms with E-state index in [1.54, 1.807) is 29.9 Å². The number of hydrogen-bond donors (Lipinski definition) is 3. The van der Waals surface area contributed by atoms with Crippen molar-refractivity contribution >= 4 is 46.5 Å². The molecule has 1 amide bonds. The fourth-order valence-electron chi connectivity index (χ4n) is 3.41. The van der Waals surface area contributed by atoms with E-state index in [9.17, 15) is 4.79 Å². The summed E-state index contributed by atoms with van der Waals surface area (Å²) in [6, 6.07) is 21.8. The molecule has 0 fully saturated rings. The lowest BCUT2D eigenvalue weighted by atomic mass is 10.1. The molecular weight excluding hydrogens is 464 g/mol. The first-order valence-corrected chi connectivity index (χ1v) is 12.4. The zero-order chi connectivity index (χ0) is 23.5. The first-order chi connectivity index (χ1) is 16.6. The van der Waals surface area contributed by atoms with Gasteiger partial charge in [-0.3, -0.25) is 15.6 Å². The van der Waals surface area contributed by atoms with E-state index < -0.39 is 0 Å². The molecule has 0 radical (unpaired) electrons. The Morgan fingerprint density at radius 3 is 2.59 bits per heavy atom. The van der Waals surface area contributed by atoms with Crippen LogP contribution < -0.4 is 16.2 Å². The van der Waals surface area contributed by atoms with Gasteiger partial charge in [-0.2, -0.15) is 0 Å². The number of hydrogen-bond acceptors (Lipinski definition) is 7. The second-order valence-corrected chi connectivity index (χ2v) is 9.73. The molecule has 3 aromatic carbocycles. The van der Waals surface area contributed by atoms with Crippen LogP contribution >= 0.6 is 23.5 Å². The zero-order valence-electron chi connectivity index (χ0n) is 18.4. The number of amides is 1. The second-order valence-electron chi connectivity index (χ2n) is 7.70. The third-order valence-electron chi connectivity index (χ3n) is 5.29. The van der Waals surface area contributed by atoms with Gasteiger partial charge in [0.15, 0.2) is 5.16 Å². The first-order valence-electron chi connectivity index (χ1n) is 10.6. The number of aryl methyl sites for hydroxylation is 1. The smallest absolute Gasteiger partial charge is 0.269 e. The average Bonchev–Trinajstić information content (AvgIpc) is 3.29. The van der Waals surface area contributed by atoms with Crippen LogP contribution in [0.2, 0.25) is 0 Å². The molecule has 5 rings (SSSR count). The van der Waals surface area contributed by atoms with Gasteiger partial charge in [0.25, 0.3) is 5.91 Å². The van der Waals surface area contributed by atoms with Crippen molar-refractivity contribution in [2.24, 2.45) is 7.05 Å². The number of fused-ring (bicyclic) bond motifs is 2. The summed E-state index contributed by atoms with van der Waals surface area (Å²) < 4.78 is 1.88. The molecule has 9 heteroatoms. The molecule has 1 aliphatic heterocycles. The van der Waals surface area contributed by atoms with Gasteiger partial charge >= 0.3 is 0 Å². The maximum atomic E-state index is 12.6. The average molecular weight is 487 g/mol. The highest BCUT2D eigenvalue weighted by atomic mass is 32.2. The van der Waals surface area contributed by atoms with Crippen molar-refractivity contribution in [3.05, 3.63) is 96.3 Å². The van der Waals surface area contributed by atoms with Crippen molar-refractivity contribution in [3.8, 4) is 0 Å². The van der Waals surface area contributed by atoms with Crippen LogP contribution in [0.5, 0.6) is 0 Å². The highest BCUT2D eigenvalue weighted by molar-refractivity contribution is 7.99. The van der Waals surface area contributed by atoms with Crippen LogP contribution in [0.1, 0.15) is 21.5 Å². The molecule has 2 heterocycles. The summed E-state index contributed by atoms with van der Waals surface area (Å²) >= 11 is 3.33. The highest BCUT2D eigenvalue weighted by Crippen LogP contribution is 2.44. The van der Waals surface area contributed by atoms with E-state index >= 15 is 0 Å². The molecular formula is C25H22N6OS2. The van der Waals surface area contributed by atoms with E-state index in [0.717, 1.165) is 38.3 Å². The van der Waals surface area contributed by atoms with Gasteiger partial charge in [0, 0.05) is 33.7 Å². The molecule has 0 atom stereocenters. The van der Waals surface area contributed by atoms with Gasteiger partial charge in [-0.1, -0.05) is 60.4 Å². The topological polar surface area (TPSA) is 83.9 Å². The normalized spacial score (nSPS) is 11.7. The van der Waals surface area contributed by atoms with Crippen molar-refractivity contribution in [1.29, 1.82) is 0 Å². The fourth-order valence-corrected chi connectivity index (χ4v) is 5.22. The molecule has 0 bridgehead atoms. The molecule has 1 aromatic heterocycles. The number of nitrogens with zero attached hydrogens (tertiary/aromatic N) is 3. The Kier molecular flexibility index (Phi) is 6.29. The van der Waals surface area contributed by atoms with Crippen LogP contribution in [0, 0.1) is 0 Å².